The third kappa shape index (κ3) is 4.61. The molecule has 1 aromatic heterocycles. The Kier molecular flexibility index (Phi) is 6.52. The van der Waals surface area contributed by atoms with Crippen LogP contribution in [0, 0.1) is 17.7 Å². The van der Waals surface area contributed by atoms with Crippen molar-refractivity contribution in [3.63, 3.8) is 0 Å². The summed E-state index contributed by atoms with van der Waals surface area (Å²) in [7, 11) is -3.74. The third-order valence-corrected chi connectivity index (χ3v) is 7.86. The molecule has 1 N–H and O–H groups in total. The quantitative estimate of drug-likeness (QED) is 0.767. The molecule has 1 saturated heterocycles. The maximum atomic E-state index is 13.1. The molecule has 0 saturated carbocycles. The molecule has 0 aliphatic carbocycles. The van der Waals surface area contributed by atoms with E-state index in [2.05, 4.69) is 19.2 Å². The Morgan fingerprint density at radius 1 is 1.25 bits per heavy atom. The van der Waals surface area contributed by atoms with Gasteiger partial charge in [-0.1, -0.05) is 19.9 Å². The van der Waals surface area contributed by atoms with Gasteiger partial charge in [-0.15, -0.1) is 11.3 Å². The molecule has 1 aliphatic rings. The Hall–Kier alpha value is -1.77. The van der Waals surface area contributed by atoms with Crippen molar-refractivity contribution in [2.45, 2.75) is 37.6 Å². The van der Waals surface area contributed by atoms with Gasteiger partial charge in [0.2, 0.25) is 15.9 Å². The second-order valence-corrected chi connectivity index (χ2v) is 10.3. The summed E-state index contributed by atoms with van der Waals surface area (Å²) in [6.07, 6.45) is 1.26. The zero-order valence-electron chi connectivity index (χ0n) is 16.0. The van der Waals surface area contributed by atoms with E-state index in [4.69, 9.17) is 0 Å². The van der Waals surface area contributed by atoms with Crippen molar-refractivity contribution < 1.29 is 17.6 Å². The molecule has 5 nitrogen and oxygen atoms in total. The first-order valence-corrected chi connectivity index (χ1v) is 11.7. The second kappa shape index (κ2) is 8.71. The van der Waals surface area contributed by atoms with Gasteiger partial charge in [0.05, 0.1) is 16.9 Å². The van der Waals surface area contributed by atoms with Crippen molar-refractivity contribution in [2.24, 2.45) is 11.8 Å². The number of piperidine rings is 1. The van der Waals surface area contributed by atoms with Crippen molar-refractivity contribution in [3.8, 4) is 0 Å². The predicted molar refractivity (Wildman–Crippen MR) is 108 cm³/mol. The van der Waals surface area contributed by atoms with Crippen LogP contribution >= 0.6 is 11.3 Å². The standard InChI is InChI=1S/C20H25FN2O3S2/c1-14(2)19(18-6-4-12-27-18)22-20(24)15-5-3-11-23(13-15)28(25,26)17-9-7-16(21)8-10-17/h4,6-10,12,14-15,19H,3,5,11,13H2,1-2H3,(H,22,24)/t15-,19+/m0/s1. The summed E-state index contributed by atoms with van der Waals surface area (Å²) < 4.78 is 40.2. The topological polar surface area (TPSA) is 66.5 Å². The number of sulfonamides is 1. The maximum Gasteiger partial charge on any atom is 0.243 e. The fraction of sp³-hybridized carbons (Fsp3) is 0.450. The molecule has 2 aromatic rings. The molecule has 28 heavy (non-hydrogen) atoms. The van der Waals surface area contributed by atoms with Gasteiger partial charge in [-0.25, -0.2) is 12.8 Å². The lowest BCUT2D eigenvalue weighted by molar-refractivity contribution is -0.127. The van der Waals surface area contributed by atoms with E-state index in [1.54, 1.807) is 11.3 Å². The molecule has 1 aliphatic heterocycles. The molecular weight excluding hydrogens is 399 g/mol. The summed E-state index contributed by atoms with van der Waals surface area (Å²) in [5.74, 6) is -0.773. The lowest BCUT2D eigenvalue weighted by Gasteiger charge is -2.32. The van der Waals surface area contributed by atoms with Crippen molar-refractivity contribution in [1.29, 1.82) is 0 Å². The predicted octanol–water partition coefficient (Wildman–Crippen LogP) is 3.80. The summed E-state index contributed by atoms with van der Waals surface area (Å²) in [5.41, 5.74) is 0. The van der Waals surface area contributed by atoms with Crippen molar-refractivity contribution >= 4 is 27.3 Å². The van der Waals surface area contributed by atoms with Crippen molar-refractivity contribution in [2.75, 3.05) is 13.1 Å². The first-order chi connectivity index (χ1) is 13.3. The van der Waals surface area contributed by atoms with Gasteiger partial charge >= 0.3 is 0 Å². The highest BCUT2D eigenvalue weighted by Crippen LogP contribution is 2.28. The van der Waals surface area contributed by atoms with E-state index in [1.165, 1.54) is 16.4 Å². The van der Waals surface area contributed by atoms with Crippen molar-refractivity contribution in [1.82, 2.24) is 9.62 Å². The number of carbonyl (C=O) groups is 1. The molecule has 2 atom stereocenters. The van der Waals surface area contributed by atoms with E-state index in [0.717, 1.165) is 17.0 Å². The Morgan fingerprint density at radius 2 is 1.96 bits per heavy atom. The Bertz CT molecular complexity index is 896. The number of hydrogen-bond acceptors (Lipinski definition) is 4. The number of halogens is 1. The molecule has 0 bridgehead atoms. The zero-order valence-corrected chi connectivity index (χ0v) is 17.6. The minimum Gasteiger partial charge on any atom is -0.348 e. The summed E-state index contributed by atoms with van der Waals surface area (Å²) in [5, 5.41) is 5.09. The number of thiophene rings is 1. The average molecular weight is 425 g/mol. The van der Waals surface area contributed by atoms with Crippen LogP contribution in [0.15, 0.2) is 46.7 Å². The minimum atomic E-state index is -3.74. The first-order valence-electron chi connectivity index (χ1n) is 9.38. The van der Waals surface area contributed by atoms with E-state index in [9.17, 15) is 17.6 Å². The van der Waals surface area contributed by atoms with Gasteiger partial charge in [-0.3, -0.25) is 4.79 Å². The highest BCUT2D eigenvalue weighted by atomic mass is 32.2. The number of amides is 1. The number of carbonyl (C=O) groups excluding carboxylic acids is 1. The van der Waals surface area contributed by atoms with E-state index < -0.39 is 21.8 Å². The second-order valence-electron chi connectivity index (χ2n) is 7.40. The molecule has 0 unspecified atom stereocenters. The van der Waals surface area contributed by atoms with E-state index in [0.29, 0.717) is 19.4 Å². The first kappa shape index (κ1) is 21.0. The largest absolute Gasteiger partial charge is 0.348 e. The van der Waals surface area contributed by atoms with Gasteiger partial charge in [0.25, 0.3) is 0 Å². The van der Waals surface area contributed by atoms with Crippen LogP contribution in [-0.4, -0.2) is 31.7 Å². The monoisotopic (exact) mass is 424 g/mol. The fourth-order valence-corrected chi connectivity index (χ4v) is 5.91. The number of hydrogen-bond donors (Lipinski definition) is 1. The smallest absolute Gasteiger partial charge is 0.243 e. The summed E-state index contributed by atoms with van der Waals surface area (Å²) in [6, 6.07) is 8.67. The molecule has 8 heteroatoms. The minimum absolute atomic E-state index is 0.0496. The van der Waals surface area contributed by atoms with Crippen LogP contribution < -0.4 is 5.32 Å². The van der Waals surface area contributed by atoms with Crippen LogP contribution in [0.4, 0.5) is 4.39 Å². The average Bonchev–Trinajstić information content (AvgIpc) is 3.20. The van der Waals surface area contributed by atoms with E-state index in [-0.39, 0.29) is 29.3 Å². The van der Waals surface area contributed by atoms with Gasteiger partial charge in [0.15, 0.2) is 0 Å². The normalized spacial score (nSPS) is 19.5. The number of rotatable bonds is 6. The number of nitrogens with zero attached hydrogens (tertiary/aromatic N) is 1. The molecule has 2 heterocycles. The van der Waals surface area contributed by atoms with Gasteiger partial charge in [0, 0.05) is 18.0 Å². The Labute approximate surface area is 169 Å². The van der Waals surface area contributed by atoms with Crippen LogP contribution in [-0.2, 0) is 14.8 Å². The van der Waals surface area contributed by atoms with Crippen LogP contribution in [0.1, 0.15) is 37.6 Å². The van der Waals surface area contributed by atoms with Crippen molar-refractivity contribution in [3.05, 3.63) is 52.5 Å². The fourth-order valence-electron chi connectivity index (χ4n) is 3.44. The Balaban J connectivity index is 1.72. The zero-order chi connectivity index (χ0) is 20.3. The molecular formula is C20H25FN2O3S2. The highest BCUT2D eigenvalue weighted by Gasteiger charge is 2.34. The SMILES string of the molecule is CC(C)[C@@H](NC(=O)[C@H]1CCCN(S(=O)(=O)c2ccc(F)cc2)C1)c1cccs1. The highest BCUT2D eigenvalue weighted by molar-refractivity contribution is 7.89. The number of nitrogens with one attached hydrogen (secondary N) is 1. The van der Waals surface area contributed by atoms with Gasteiger partial charge in [-0.05, 0) is 54.5 Å². The summed E-state index contributed by atoms with van der Waals surface area (Å²) in [4.78, 5) is 14.0. The van der Waals surface area contributed by atoms with Gasteiger partial charge in [-0.2, -0.15) is 4.31 Å². The molecule has 152 valence electrons. The molecule has 1 aromatic carbocycles. The van der Waals surface area contributed by atoms with Crippen LogP contribution in [0.25, 0.3) is 0 Å². The molecule has 1 amide bonds. The maximum absolute atomic E-state index is 13.1. The van der Waals surface area contributed by atoms with Crippen LogP contribution in [0.2, 0.25) is 0 Å². The molecule has 0 spiro atoms. The van der Waals surface area contributed by atoms with Gasteiger partial charge in [0.1, 0.15) is 5.82 Å². The third-order valence-electron chi connectivity index (χ3n) is 5.02. The lowest BCUT2D eigenvalue weighted by Crippen LogP contribution is -2.46. The van der Waals surface area contributed by atoms with Crippen LogP contribution in [0.5, 0.6) is 0 Å². The van der Waals surface area contributed by atoms with Gasteiger partial charge < -0.3 is 5.32 Å². The van der Waals surface area contributed by atoms with E-state index in [1.807, 2.05) is 17.5 Å². The lowest BCUT2D eigenvalue weighted by atomic mass is 9.96. The van der Waals surface area contributed by atoms with Crippen LogP contribution in [0.3, 0.4) is 0 Å². The number of benzene rings is 1. The van der Waals surface area contributed by atoms with E-state index >= 15 is 0 Å². The Morgan fingerprint density at radius 3 is 2.57 bits per heavy atom. The molecule has 3 rings (SSSR count). The summed E-state index contributed by atoms with van der Waals surface area (Å²) >= 11 is 1.60. The molecule has 1 fully saturated rings. The summed E-state index contributed by atoms with van der Waals surface area (Å²) in [6.45, 7) is 4.61. The molecule has 0 radical (unpaired) electrons.